The molecule has 4 N–H and O–H groups in total. The Morgan fingerprint density at radius 3 is 2.84 bits per heavy atom. The molecule has 8 nitrogen and oxygen atoms in total. The number of nitrogens with zero attached hydrogens (tertiary/aromatic N) is 4. The smallest absolute Gasteiger partial charge is 0.199 e. The monoisotopic (exact) mass is 260 g/mol. The number of hydrogen-bond acceptors (Lipinski definition) is 7. The van der Waals surface area contributed by atoms with Gasteiger partial charge in [-0.15, -0.1) is 5.10 Å². The molecule has 1 aromatic carbocycles. The third-order valence-corrected chi connectivity index (χ3v) is 2.26. The fourth-order valence-corrected chi connectivity index (χ4v) is 1.35. The topological polar surface area (TPSA) is 125 Å². The first-order valence-corrected chi connectivity index (χ1v) is 5.30. The van der Waals surface area contributed by atoms with Gasteiger partial charge in [0.1, 0.15) is 5.75 Å². The van der Waals surface area contributed by atoms with Crippen LogP contribution in [-0.2, 0) is 0 Å². The van der Waals surface area contributed by atoms with E-state index in [-0.39, 0.29) is 17.3 Å². The Morgan fingerprint density at radius 1 is 1.37 bits per heavy atom. The molecule has 2 rings (SSSR count). The molecule has 0 atom stereocenters. The molecule has 0 amide bonds. The van der Waals surface area contributed by atoms with Crippen LogP contribution in [0.1, 0.15) is 11.3 Å². The lowest BCUT2D eigenvalue weighted by atomic mass is 10.2. The highest BCUT2D eigenvalue weighted by molar-refractivity contribution is 5.99. The van der Waals surface area contributed by atoms with Crippen molar-refractivity contribution in [2.24, 2.45) is 15.9 Å². The molecule has 0 fully saturated rings. The van der Waals surface area contributed by atoms with Gasteiger partial charge in [0.2, 0.25) is 0 Å². The number of para-hydroxylation sites is 1. The molecule has 0 bridgehead atoms. The minimum absolute atomic E-state index is 0.0184. The summed E-state index contributed by atoms with van der Waals surface area (Å²) in [5, 5.41) is 14.5. The highest BCUT2D eigenvalue weighted by Crippen LogP contribution is 2.14. The number of anilines is 1. The molecule has 0 aliphatic carbocycles. The Kier molecular flexibility index (Phi) is 3.72. The molecule has 8 heteroatoms. The van der Waals surface area contributed by atoms with Crippen molar-refractivity contribution in [3.63, 3.8) is 0 Å². The van der Waals surface area contributed by atoms with Crippen LogP contribution < -0.4 is 16.2 Å². The second-order valence-corrected chi connectivity index (χ2v) is 3.47. The van der Waals surface area contributed by atoms with Crippen LogP contribution in [0.4, 0.5) is 5.82 Å². The Balaban J connectivity index is 2.17. The summed E-state index contributed by atoms with van der Waals surface area (Å²) in [4.78, 5) is 0. The van der Waals surface area contributed by atoms with Crippen LogP contribution in [0.2, 0.25) is 0 Å². The number of amidine groups is 1. The fraction of sp³-hybridized carbons (Fsp3) is 0.0909. The molecule has 0 saturated heterocycles. The van der Waals surface area contributed by atoms with Crippen molar-refractivity contribution < 1.29 is 9.37 Å². The molecule has 0 aliphatic heterocycles. The number of hydrogen-bond donors (Lipinski definition) is 2. The number of ether oxygens (including phenoxy) is 1. The molecule has 0 saturated carbocycles. The number of rotatable bonds is 4. The average Bonchev–Trinajstić information content (AvgIpc) is 2.85. The molecular formula is C11H12N6O2. The number of nitrogen functional groups attached to an aromatic ring is 1. The molecular weight excluding hydrogens is 248 g/mol. The lowest BCUT2D eigenvalue weighted by Crippen LogP contribution is -2.15. The number of aromatic nitrogens is 2. The van der Waals surface area contributed by atoms with Crippen LogP contribution >= 0.6 is 0 Å². The number of methoxy groups -OCH3 is 1. The minimum Gasteiger partial charge on any atom is -0.496 e. The zero-order chi connectivity index (χ0) is 13.7. The van der Waals surface area contributed by atoms with Gasteiger partial charge < -0.3 is 16.2 Å². The van der Waals surface area contributed by atoms with E-state index in [0.29, 0.717) is 5.75 Å². The fourth-order valence-electron chi connectivity index (χ4n) is 1.35. The summed E-state index contributed by atoms with van der Waals surface area (Å²) < 4.78 is 9.58. The molecule has 98 valence electrons. The summed E-state index contributed by atoms with van der Waals surface area (Å²) in [6, 6.07) is 7.36. The van der Waals surface area contributed by atoms with Crippen LogP contribution in [0.25, 0.3) is 0 Å². The molecule has 2 aromatic rings. The normalized spacial score (nSPS) is 11.9. The Morgan fingerprint density at radius 2 is 2.16 bits per heavy atom. The van der Waals surface area contributed by atoms with E-state index in [0.717, 1.165) is 5.56 Å². The highest BCUT2D eigenvalue weighted by Gasteiger charge is 2.09. The minimum atomic E-state index is 0.0184. The van der Waals surface area contributed by atoms with Gasteiger partial charge in [-0.3, -0.25) is 0 Å². The molecule has 0 unspecified atom stereocenters. The zero-order valence-electron chi connectivity index (χ0n) is 10.1. The van der Waals surface area contributed by atoms with Gasteiger partial charge in [0, 0.05) is 5.56 Å². The largest absolute Gasteiger partial charge is 0.496 e. The van der Waals surface area contributed by atoms with Gasteiger partial charge in [-0.25, -0.2) is 4.63 Å². The maximum absolute atomic E-state index is 5.64. The van der Waals surface area contributed by atoms with Crippen molar-refractivity contribution >= 4 is 17.9 Å². The van der Waals surface area contributed by atoms with Crippen LogP contribution in [-0.4, -0.2) is 29.5 Å². The second-order valence-electron chi connectivity index (χ2n) is 3.47. The van der Waals surface area contributed by atoms with Crippen LogP contribution in [0.3, 0.4) is 0 Å². The van der Waals surface area contributed by atoms with Gasteiger partial charge >= 0.3 is 0 Å². The second kappa shape index (κ2) is 5.63. The Hall–Kier alpha value is -2.90. The van der Waals surface area contributed by atoms with E-state index in [1.807, 2.05) is 24.3 Å². The first-order valence-electron chi connectivity index (χ1n) is 5.30. The van der Waals surface area contributed by atoms with Crippen molar-refractivity contribution in [2.45, 2.75) is 0 Å². The van der Waals surface area contributed by atoms with E-state index in [4.69, 9.17) is 16.2 Å². The quantitative estimate of drug-likeness (QED) is 0.465. The molecule has 0 aliphatic rings. The Bertz CT molecular complexity index is 619. The summed E-state index contributed by atoms with van der Waals surface area (Å²) in [6.45, 7) is 0. The van der Waals surface area contributed by atoms with Gasteiger partial charge in [0.05, 0.1) is 13.3 Å². The van der Waals surface area contributed by atoms with Gasteiger partial charge in [0.25, 0.3) is 0 Å². The lowest BCUT2D eigenvalue weighted by Gasteiger charge is -2.01. The molecule has 0 radical (unpaired) electrons. The third kappa shape index (κ3) is 2.86. The summed E-state index contributed by atoms with van der Waals surface area (Å²) in [6.07, 6.45) is 1.51. The van der Waals surface area contributed by atoms with Gasteiger partial charge in [0.15, 0.2) is 17.3 Å². The molecule has 19 heavy (non-hydrogen) atoms. The van der Waals surface area contributed by atoms with E-state index in [1.165, 1.54) is 6.21 Å². The van der Waals surface area contributed by atoms with E-state index in [2.05, 4.69) is 25.1 Å². The van der Waals surface area contributed by atoms with Gasteiger partial charge in [-0.05, 0) is 22.4 Å². The maximum Gasteiger partial charge on any atom is 0.199 e. The lowest BCUT2D eigenvalue weighted by molar-refractivity contribution is 0.308. The van der Waals surface area contributed by atoms with Gasteiger partial charge in [-0.1, -0.05) is 12.1 Å². The average molecular weight is 260 g/mol. The standard InChI is InChI=1S/C11H12N6O2/c1-18-8-5-3-2-4-7(8)6-14-15-10(12)9-11(13)17-19-16-9/h2-6H,1H3,(H2,12,15)(H2,13,17)/b14-6+. The van der Waals surface area contributed by atoms with Crippen LogP contribution in [0, 0.1) is 0 Å². The molecule has 1 aromatic heterocycles. The molecule has 0 spiro atoms. The van der Waals surface area contributed by atoms with E-state index in [9.17, 15) is 0 Å². The SMILES string of the molecule is COc1ccccc1/C=N/N=C(/N)c1nonc1N. The van der Waals surface area contributed by atoms with E-state index >= 15 is 0 Å². The molecule has 1 heterocycles. The first kappa shape index (κ1) is 12.6. The Labute approximate surface area is 108 Å². The van der Waals surface area contributed by atoms with E-state index in [1.54, 1.807) is 7.11 Å². The van der Waals surface area contributed by atoms with Crippen molar-refractivity contribution in [1.29, 1.82) is 0 Å². The summed E-state index contributed by atoms with van der Waals surface area (Å²) >= 11 is 0. The van der Waals surface area contributed by atoms with Crippen molar-refractivity contribution in [3.8, 4) is 5.75 Å². The van der Waals surface area contributed by atoms with Crippen LogP contribution in [0.15, 0.2) is 39.1 Å². The maximum atomic E-state index is 5.64. The van der Waals surface area contributed by atoms with E-state index < -0.39 is 0 Å². The number of nitrogens with two attached hydrogens (primary N) is 2. The highest BCUT2D eigenvalue weighted by atomic mass is 16.6. The van der Waals surface area contributed by atoms with Crippen LogP contribution in [0.5, 0.6) is 5.75 Å². The van der Waals surface area contributed by atoms with Crippen molar-refractivity contribution in [1.82, 2.24) is 10.3 Å². The van der Waals surface area contributed by atoms with Crippen molar-refractivity contribution in [2.75, 3.05) is 12.8 Å². The zero-order valence-corrected chi connectivity index (χ0v) is 10.1. The summed E-state index contributed by atoms with van der Waals surface area (Å²) in [7, 11) is 1.58. The number of benzene rings is 1. The predicted molar refractivity (Wildman–Crippen MR) is 70.0 cm³/mol. The first-order chi connectivity index (χ1) is 9.22. The van der Waals surface area contributed by atoms with Gasteiger partial charge in [-0.2, -0.15) is 5.10 Å². The summed E-state index contributed by atoms with van der Waals surface area (Å²) in [5.41, 5.74) is 12.0. The van der Waals surface area contributed by atoms with Crippen molar-refractivity contribution in [3.05, 3.63) is 35.5 Å². The predicted octanol–water partition coefficient (Wildman–Crippen LogP) is 0.400. The summed E-state index contributed by atoms with van der Waals surface area (Å²) in [5.74, 6) is 0.765. The third-order valence-electron chi connectivity index (χ3n) is 2.26.